The molecule has 1 aliphatic heterocycles. The zero-order valence-electron chi connectivity index (χ0n) is 16.9. The number of hydrogen-bond donors (Lipinski definition) is 4. The number of nitrogens with one attached hydrogen (secondary N) is 2. The molecule has 0 aromatic heterocycles. The van der Waals surface area contributed by atoms with Crippen molar-refractivity contribution in [2.45, 2.75) is 64.2 Å². The maximum atomic E-state index is 13.0. The average Bonchev–Trinajstić information content (AvgIpc) is 3.11. The van der Waals surface area contributed by atoms with Crippen LogP contribution in [0.3, 0.4) is 0 Å². The van der Waals surface area contributed by atoms with E-state index in [4.69, 9.17) is 5.73 Å². The molecule has 0 spiro atoms. The Bertz CT molecular complexity index is 584. The predicted molar refractivity (Wildman–Crippen MR) is 108 cm³/mol. The van der Waals surface area contributed by atoms with E-state index in [9.17, 15) is 24.3 Å². The minimum Gasteiger partial charge on any atom is -0.480 e. The van der Waals surface area contributed by atoms with Gasteiger partial charge in [0.15, 0.2) is 0 Å². The Labute approximate surface area is 170 Å². The highest BCUT2D eigenvalue weighted by atomic mass is 32.2. The van der Waals surface area contributed by atoms with Crippen molar-refractivity contribution in [1.29, 1.82) is 0 Å². The minimum absolute atomic E-state index is 0.285. The van der Waals surface area contributed by atoms with Crippen LogP contribution >= 0.6 is 11.8 Å². The van der Waals surface area contributed by atoms with Crippen molar-refractivity contribution in [3.8, 4) is 0 Å². The molecule has 0 aromatic carbocycles. The summed E-state index contributed by atoms with van der Waals surface area (Å²) in [5.41, 5.74) is 5.59. The van der Waals surface area contributed by atoms with Gasteiger partial charge in [0.05, 0.1) is 6.04 Å². The third-order valence-corrected chi connectivity index (χ3v) is 5.35. The molecule has 0 aromatic rings. The van der Waals surface area contributed by atoms with Crippen LogP contribution in [0.15, 0.2) is 0 Å². The van der Waals surface area contributed by atoms with E-state index in [-0.39, 0.29) is 11.8 Å². The monoisotopic (exact) mass is 416 g/mol. The molecule has 1 fully saturated rings. The Balaban J connectivity index is 2.91. The van der Waals surface area contributed by atoms with Gasteiger partial charge >= 0.3 is 5.97 Å². The van der Waals surface area contributed by atoms with E-state index >= 15 is 0 Å². The van der Waals surface area contributed by atoms with E-state index in [0.717, 1.165) is 0 Å². The van der Waals surface area contributed by atoms with Gasteiger partial charge in [-0.05, 0) is 44.1 Å². The first kappa shape index (κ1) is 24.2. The number of nitrogens with two attached hydrogens (primary N) is 1. The molecule has 4 unspecified atom stereocenters. The number of amides is 3. The number of likely N-dealkylation sites (tertiary alicyclic amines) is 1. The molecule has 0 saturated carbocycles. The van der Waals surface area contributed by atoms with Crippen molar-refractivity contribution in [3.05, 3.63) is 0 Å². The zero-order chi connectivity index (χ0) is 21.4. The van der Waals surface area contributed by atoms with Crippen LogP contribution in [0.25, 0.3) is 0 Å². The smallest absolute Gasteiger partial charge is 0.326 e. The first-order valence-corrected chi connectivity index (χ1v) is 10.9. The van der Waals surface area contributed by atoms with Crippen LogP contribution < -0.4 is 16.4 Å². The first-order chi connectivity index (χ1) is 13.1. The third kappa shape index (κ3) is 6.66. The molecule has 3 amide bonds. The van der Waals surface area contributed by atoms with Crippen molar-refractivity contribution in [2.24, 2.45) is 11.7 Å². The summed E-state index contributed by atoms with van der Waals surface area (Å²) in [6.45, 7) is 5.34. The molecule has 1 aliphatic rings. The van der Waals surface area contributed by atoms with Crippen LogP contribution in [-0.4, -0.2) is 76.4 Å². The number of hydrogen-bond acceptors (Lipinski definition) is 6. The molecule has 0 aliphatic carbocycles. The van der Waals surface area contributed by atoms with Gasteiger partial charge in [-0.3, -0.25) is 14.4 Å². The molecule has 1 heterocycles. The van der Waals surface area contributed by atoms with Crippen LogP contribution in [0.2, 0.25) is 0 Å². The van der Waals surface area contributed by atoms with E-state index in [1.54, 1.807) is 25.6 Å². The van der Waals surface area contributed by atoms with Crippen molar-refractivity contribution in [1.82, 2.24) is 15.5 Å². The number of carboxylic acids is 1. The standard InChI is InChI=1S/C18H32N4O5S/c1-10(2)14(18(26)27)21-16(24)13-6-5-8-22(13)17(25)12(7-9-28-4)20-15(23)11(3)19/h10-14H,5-9,19H2,1-4H3,(H,20,23)(H,21,24)(H,26,27). The van der Waals surface area contributed by atoms with Gasteiger partial charge in [0, 0.05) is 6.54 Å². The topological polar surface area (TPSA) is 142 Å². The fourth-order valence-electron chi connectivity index (χ4n) is 3.06. The van der Waals surface area contributed by atoms with Gasteiger partial charge < -0.3 is 26.4 Å². The summed E-state index contributed by atoms with van der Waals surface area (Å²) < 4.78 is 0. The van der Waals surface area contributed by atoms with Crippen LogP contribution in [0.1, 0.15) is 40.0 Å². The quantitative estimate of drug-likeness (QED) is 0.386. The largest absolute Gasteiger partial charge is 0.480 e. The fraction of sp³-hybridized carbons (Fsp3) is 0.778. The molecule has 28 heavy (non-hydrogen) atoms. The normalized spacial score (nSPS) is 19.8. The second-order valence-corrected chi connectivity index (χ2v) is 8.38. The van der Waals surface area contributed by atoms with Gasteiger partial charge in [0.25, 0.3) is 0 Å². The highest BCUT2D eigenvalue weighted by Gasteiger charge is 2.39. The lowest BCUT2D eigenvalue weighted by molar-refractivity contribution is -0.145. The molecule has 10 heteroatoms. The Morgan fingerprint density at radius 1 is 1.21 bits per heavy atom. The second-order valence-electron chi connectivity index (χ2n) is 7.39. The molecule has 0 bridgehead atoms. The van der Waals surface area contributed by atoms with E-state index in [1.165, 1.54) is 11.8 Å². The van der Waals surface area contributed by atoms with Crippen molar-refractivity contribution < 1.29 is 24.3 Å². The van der Waals surface area contributed by atoms with E-state index < -0.39 is 42.0 Å². The average molecular weight is 417 g/mol. The summed E-state index contributed by atoms with van der Waals surface area (Å²) in [5, 5.41) is 14.5. The molecule has 0 radical (unpaired) electrons. The summed E-state index contributed by atoms with van der Waals surface area (Å²) >= 11 is 1.55. The van der Waals surface area contributed by atoms with Crippen LogP contribution in [0, 0.1) is 5.92 Å². The summed E-state index contributed by atoms with van der Waals surface area (Å²) in [4.78, 5) is 50.5. The van der Waals surface area contributed by atoms with Crippen molar-refractivity contribution in [2.75, 3.05) is 18.6 Å². The maximum Gasteiger partial charge on any atom is 0.326 e. The highest BCUT2D eigenvalue weighted by molar-refractivity contribution is 7.98. The number of carbonyl (C=O) groups excluding carboxylic acids is 3. The maximum absolute atomic E-state index is 13.0. The third-order valence-electron chi connectivity index (χ3n) is 4.71. The van der Waals surface area contributed by atoms with E-state index in [1.807, 2.05) is 6.26 Å². The zero-order valence-corrected chi connectivity index (χ0v) is 17.8. The molecular formula is C18H32N4O5S. The second kappa shape index (κ2) is 11.3. The lowest BCUT2D eigenvalue weighted by atomic mass is 10.0. The molecule has 1 saturated heterocycles. The number of carbonyl (C=O) groups is 4. The van der Waals surface area contributed by atoms with Gasteiger partial charge in [-0.25, -0.2) is 4.79 Å². The predicted octanol–water partition coefficient (Wildman–Crippen LogP) is -0.212. The number of aliphatic carboxylic acids is 1. The summed E-state index contributed by atoms with van der Waals surface area (Å²) in [6, 6.07) is -3.27. The van der Waals surface area contributed by atoms with Crippen molar-refractivity contribution >= 4 is 35.5 Å². The lowest BCUT2D eigenvalue weighted by Gasteiger charge is -2.30. The number of nitrogens with zero attached hydrogens (tertiary/aromatic N) is 1. The summed E-state index contributed by atoms with van der Waals surface area (Å²) in [5.74, 6) is -1.97. The van der Waals surface area contributed by atoms with Crippen molar-refractivity contribution in [3.63, 3.8) is 0 Å². The molecule has 9 nitrogen and oxygen atoms in total. The summed E-state index contributed by atoms with van der Waals surface area (Å²) in [6.07, 6.45) is 3.42. The number of thioether (sulfide) groups is 1. The van der Waals surface area contributed by atoms with Gasteiger partial charge in [-0.15, -0.1) is 0 Å². The molecule has 160 valence electrons. The number of carboxylic acid groups (broad SMARTS) is 1. The van der Waals surface area contributed by atoms with Gasteiger partial charge in [0.2, 0.25) is 17.7 Å². The van der Waals surface area contributed by atoms with Gasteiger partial charge in [-0.1, -0.05) is 13.8 Å². The SMILES string of the molecule is CSCCC(NC(=O)C(C)N)C(=O)N1CCCC1C(=O)NC(C(=O)O)C(C)C. The molecule has 1 rings (SSSR count). The summed E-state index contributed by atoms with van der Waals surface area (Å²) in [7, 11) is 0. The highest BCUT2D eigenvalue weighted by Crippen LogP contribution is 2.20. The Hall–Kier alpha value is -1.81. The van der Waals surface area contributed by atoms with Crippen LogP contribution in [-0.2, 0) is 19.2 Å². The van der Waals surface area contributed by atoms with Gasteiger partial charge in [-0.2, -0.15) is 11.8 Å². The molecule has 5 N–H and O–H groups in total. The lowest BCUT2D eigenvalue weighted by Crippen LogP contribution is -2.57. The minimum atomic E-state index is -1.11. The van der Waals surface area contributed by atoms with E-state index in [0.29, 0.717) is 31.6 Å². The first-order valence-electron chi connectivity index (χ1n) is 9.48. The Morgan fingerprint density at radius 2 is 1.86 bits per heavy atom. The Morgan fingerprint density at radius 3 is 2.36 bits per heavy atom. The number of rotatable bonds is 10. The van der Waals surface area contributed by atoms with Crippen LogP contribution in [0.5, 0.6) is 0 Å². The van der Waals surface area contributed by atoms with Crippen LogP contribution in [0.4, 0.5) is 0 Å². The van der Waals surface area contributed by atoms with E-state index in [2.05, 4.69) is 10.6 Å². The Kier molecular flexibility index (Phi) is 9.74. The molecular weight excluding hydrogens is 384 g/mol. The fourth-order valence-corrected chi connectivity index (χ4v) is 3.53. The molecule has 4 atom stereocenters. The van der Waals surface area contributed by atoms with Gasteiger partial charge in [0.1, 0.15) is 18.1 Å².